The van der Waals surface area contributed by atoms with Gasteiger partial charge < -0.3 is 5.32 Å². The number of aromatic nitrogens is 1. The van der Waals surface area contributed by atoms with Crippen molar-refractivity contribution in [1.29, 1.82) is 0 Å². The molecular formula is C11H17FN2O2S. The van der Waals surface area contributed by atoms with Gasteiger partial charge in [-0.15, -0.1) is 0 Å². The molecule has 17 heavy (non-hydrogen) atoms. The Balaban J connectivity index is 3.31. The van der Waals surface area contributed by atoms with Crippen molar-refractivity contribution in [3.63, 3.8) is 0 Å². The number of pyridine rings is 1. The zero-order valence-electron chi connectivity index (χ0n) is 10.4. The molecule has 0 bridgehead atoms. The van der Waals surface area contributed by atoms with Crippen molar-refractivity contribution in [1.82, 2.24) is 10.3 Å². The lowest BCUT2D eigenvalue weighted by molar-refractivity contribution is 0.429. The molecule has 4 nitrogen and oxygen atoms in total. The van der Waals surface area contributed by atoms with E-state index < -0.39 is 26.4 Å². The van der Waals surface area contributed by atoms with Crippen LogP contribution in [-0.4, -0.2) is 31.5 Å². The van der Waals surface area contributed by atoms with Gasteiger partial charge in [0.1, 0.15) is 5.82 Å². The summed E-state index contributed by atoms with van der Waals surface area (Å²) in [7, 11) is -1.72. The van der Waals surface area contributed by atoms with E-state index in [-0.39, 0.29) is 0 Å². The zero-order chi connectivity index (χ0) is 13.3. The molecule has 0 aliphatic heterocycles. The van der Waals surface area contributed by atoms with Crippen LogP contribution < -0.4 is 5.32 Å². The largest absolute Gasteiger partial charge is 0.312 e. The molecule has 0 aliphatic rings. The van der Waals surface area contributed by atoms with Crippen LogP contribution in [0, 0.1) is 5.82 Å². The number of halogens is 1. The lowest BCUT2D eigenvalue weighted by Crippen LogP contribution is -2.44. The molecule has 1 rings (SSSR count). The average molecular weight is 260 g/mol. The van der Waals surface area contributed by atoms with Gasteiger partial charge in [0.15, 0.2) is 9.84 Å². The fourth-order valence-electron chi connectivity index (χ4n) is 1.71. The van der Waals surface area contributed by atoms with Gasteiger partial charge in [-0.2, -0.15) is 0 Å². The molecule has 0 aliphatic carbocycles. The Morgan fingerprint density at radius 2 is 2.06 bits per heavy atom. The molecule has 0 spiro atoms. The Morgan fingerprint density at radius 1 is 1.47 bits per heavy atom. The number of rotatable bonds is 4. The van der Waals surface area contributed by atoms with E-state index in [1.807, 2.05) is 0 Å². The third-order valence-corrected chi connectivity index (χ3v) is 5.20. The molecule has 0 aromatic carbocycles. The molecule has 0 fully saturated rings. The summed E-state index contributed by atoms with van der Waals surface area (Å²) < 4.78 is 36.1. The van der Waals surface area contributed by atoms with Crippen molar-refractivity contribution in [2.24, 2.45) is 0 Å². The molecule has 1 unspecified atom stereocenters. The minimum atomic E-state index is -3.33. The second kappa shape index (κ2) is 4.70. The fourth-order valence-corrected chi connectivity index (χ4v) is 2.38. The first-order valence-electron chi connectivity index (χ1n) is 5.18. The van der Waals surface area contributed by atoms with Crippen LogP contribution in [0.4, 0.5) is 4.39 Å². The molecule has 0 radical (unpaired) electrons. The van der Waals surface area contributed by atoms with Crippen LogP contribution >= 0.6 is 0 Å². The van der Waals surface area contributed by atoms with Crippen LogP contribution in [-0.2, 0) is 9.84 Å². The summed E-state index contributed by atoms with van der Waals surface area (Å²) in [6, 6.07) is 0.865. The van der Waals surface area contributed by atoms with E-state index in [4.69, 9.17) is 0 Å². The van der Waals surface area contributed by atoms with Crippen molar-refractivity contribution in [2.45, 2.75) is 24.6 Å². The predicted molar refractivity (Wildman–Crippen MR) is 64.9 cm³/mol. The summed E-state index contributed by atoms with van der Waals surface area (Å²) in [5.74, 6) is -0.511. The second-order valence-corrected chi connectivity index (χ2v) is 7.09. The Bertz CT molecular complexity index is 500. The standard InChI is InChI=1S/C11H17FN2O2S/c1-11(2,17(4,15)16)10(13-3)8-5-6-14-7-9(8)12/h5-7,10,13H,1-4H3. The van der Waals surface area contributed by atoms with Crippen molar-refractivity contribution in [2.75, 3.05) is 13.3 Å². The highest BCUT2D eigenvalue weighted by atomic mass is 32.2. The summed E-state index contributed by atoms with van der Waals surface area (Å²) in [5.41, 5.74) is 0.304. The number of nitrogens with zero attached hydrogens (tertiary/aromatic N) is 1. The summed E-state index contributed by atoms with van der Waals surface area (Å²) in [5, 5.41) is 2.86. The van der Waals surface area contributed by atoms with Gasteiger partial charge in [-0.1, -0.05) is 0 Å². The maximum absolute atomic E-state index is 13.6. The van der Waals surface area contributed by atoms with E-state index in [0.29, 0.717) is 5.56 Å². The van der Waals surface area contributed by atoms with Crippen molar-refractivity contribution in [3.05, 3.63) is 29.8 Å². The van der Waals surface area contributed by atoms with Gasteiger partial charge in [-0.3, -0.25) is 4.98 Å². The Kier molecular flexibility index (Phi) is 3.88. The number of sulfone groups is 1. The first-order chi connectivity index (χ1) is 7.71. The van der Waals surface area contributed by atoms with E-state index in [0.717, 1.165) is 12.5 Å². The minimum Gasteiger partial charge on any atom is -0.312 e. The SMILES string of the molecule is CNC(c1ccncc1F)C(C)(C)S(C)(=O)=O. The third kappa shape index (κ3) is 2.63. The van der Waals surface area contributed by atoms with E-state index in [9.17, 15) is 12.8 Å². The molecule has 1 heterocycles. The van der Waals surface area contributed by atoms with Crippen LogP contribution in [0.15, 0.2) is 18.5 Å². The van der Waals surface area contributed by atoms with Crippen molar-refractivity contribution < 1.29 is 12.8 Å². The molecule has 1 aromatic heterocycles. The zero-order valence-corrected chi connectivity index (χ0v) is 11.2. The number of hydrogen-bond donors (Lipinski definition) is 1. The van der Waals surface area contributed by atoms with Gasteiger partial charge in [-0.25, -0.2) is 12.8 Å². The van der Waals surface area contributed by atoms with Crippen LogP contribution in [0.1, 0.15) is 25.5 Å². The second-order valence-electron chi connectivity index (χ2n) is 4.49. The highest BCUT2D eigenvalue weighted by Crippen LogP contribution is 2.32. The first-order valence-corrected chi connectivity index (χ1v) is 7.07. The lowest BCUT2D eigenvalue weighted by atomic mass is 9.96. The van der Waals surface area contributed by atoms with Crippen molar-refractivity contribution >= 4 is 9.84 Å². The van der Waals surface area contributed by atoms with E-state index >= 15 is 0 Å². The molecule has 1 atom stereocenters. The Labute approximate surface area is 101 Å². The molecule has 6 heteroatoms. The van der Waals surface area contributed by atoms with Gasteiger partial charge >= 0.3 is 0 Å². The van der Waals surface area contributed by atoms with E-state index in [1.54, 1.807) is 20.9 Å². The molecular weight excluding hydrogens is 243 g/mol. The molecule has 1 aromatic rings. The van der Waals surface area contributed by atoms with Crippen molar-refractivity contribution in [3.8, 4) is 0 Å². The van der Waals surface area contributed by atoms with Crippen LogP contribution in [0.25, 0.3) is 0 Å². The molecule has 0 saturated carbocycles. The monoisotopic (exact) mass is 260 g/mol. The smallest absolute Gasteiger partial charge is 0.154 e. The lowest BCUT2D eigenvalue weighted by Gasteiger charge is -2.32. The average Bonchev–Trinajstić information content (AvgIpc) is 2.20. The van der Waals surface area contributed by atoms with E-state index in [2.05, 4.69) is 10.3 Å². The highest BCUT2D eigenvalue weighted by molar-refractivity contribution is 7.92. The third-order valence-electron chi connectivity index (χ3n) is 3.05. The van der Waals surface area contributed by atoms with Gasteiger partial charge in [0.05, 0.1) is 17.0 Å². The molecule has 96 valence electrons. The summed E-state index contributed by atoms with van der Waals surface area (Å²) in [6.45, 7) is 3.15. The molecule has 1 N–H and O–H groups in total. The number of nitrogens with one attached hydrogen (secondary N) is 1. The highest BCUT2D eigenvalue weighted by Gasteiger charge is 2.40. The molecule has 0 saturated heterocycles. The van der Waals surface area contributed by atoms with Gasteiger partial charge in [0.2, 0.25) is 0 Å². The Hall–Kier alpha value is -1.01. The maximum atomic E-state index is 13.6. The molecule has 0 amide bonds. The van der Waals surface area contributed by atoms with E-state index in [1.165, 1.54) is 12.3 Å². The quantitative estimate of drug-likeness (QED) is 0.886. The number of hydrogen-bond acceptors (Lipinski definition) is 4. The Morgan fingerprint density at radius 3 is 2.47 bits per heavy atom. The van der Waals surface area contributed by atoms with Gasteiger partial charge in [-0.05, 0) is 27.0 Å². The van der Waals surface area contributed by atoms with Crippen LogP contribution in [0.3, 0.4) is 0 Å². The van der Waals surface area contributed by atoms with Gasteiger partial charge in [0.25, 0.3) is 0 Å². The maximum Gasteiger partial charge on any atom is 0.154 e. The summed E-state index contributed by atoms with van der Waals surface area (Å²) in [4.78, 5) is 3.65. The normalized spacial score (nSPS) is 14.6. The van der Waals surface area contributed by atoms with Crippen LogP contribution in [0.5, 0.6) is 0 Å². The topological polar surface area (TPSA) is 59.1 Å². The predicted octanol–water partition coefficient (Wildman–Crippen LogP) is 1.30. The summed E-state index contributed by atoms with van der Waals surface area (Å²) >= 11 is 0. The minimum absolute atomic E-state index is 0.304. The van der Waals surface area contributed by atoms with Crippen LogP contribution in [0.2, 0.25) is 0 Å². The van der Waals surface area contributed by atoms with Gasteiger partial charge in [0, 0.05) is 18.0 Å². The fraction of sp³-hybridized carbons (Fsp3) is 0.545. The summed E-state index contributed by atoms with van der Waals surface area (Å²) in [6.07, 6.45) is 3.68. The first kappa shape index (κ1) is 14.1.